The van der Waals surface area contributed by atoms with Gasteiger partial charge in [-0.05, 0) is 48.3 Å². The standard InChI is InChI=1S/C17H19N4/c1-20-9-4-16(5-10-20)17-6-11-21(12-7-17)8-2-3-15-13-18-19-14-15/h4-7,9-14H,2-3,8H2,1H3/q+1. The predicted octanol–water partition coefficient (Wildman–Crippen LogP) is 3.01. The van der Waals surface area contributed by atoms with E-state index in [1.165, 1.54) is 16.7 Å². The first kappa shape index (κ1) is 13.4. The van der Waals surface area contributed by atoms with Crippen LogP contribution in [-0.4, -0.2) is 34.4 Å². The van der Waals surface area contributed by atoms with Crippen molar-refractivity contribution in [1.29, 1.82) is 0 Å². The van der Waals surface area contributed by atoms with Gasteiger partial charge in [0.25, 0.3) is 0 Å². The summed E-state index contributed by atoms with van der Waals surface area (Å²) in [5.41, 5.74) is 3.70. The number of hydrogen-bond acceptors (Lipinski definition) is 3. The minimum absolute atomic E-state index is 1.01. The third-order valence-corrected chi connectivity index (χ3v) is 3.60. The second-order valence-electron chi connectivity index (χ2n) is 5.24. The van der Waals surface area contributed by atoms with Crippen LogP contribution in [0, 0.1) is 0 Å². The highest BCUT2D eigenvalue weighted by atomic mass is 15.1. The lowest BCUT2D eigenvalue weighted by Gasteiger charge is -2.20. The van der Waals surface area contributed by atoms with Crippen molar-refractivity contribution < 1.29 is 4.79 Å². The Kier molecular flexibility index (Phi) is 3.99. The van der Waals surface area contributed by atoms with Crippen molar-refractivity contribution in [3.8, 4) is 0 Å². The minimum Gasteiger partial charge on any atom is -0.357 e. The van der Waals surface area contributed by atoms with Gasteiger partial charge in [0.2, 0.25) is 0 Å². The number of nitrogens with zero attached hydrogens (tertiary/aromatic N) is 4. The van der Waals surface area contributed by atoms with Crippen LogP contribution in [-0.2, 0) is 0 Å². The fourth-order valence-electron chi connectivity index (χ4n) is 2.34. The van der Waals surface area contributed by atoms with Crippen LogP contribution >= 0.6 is 0 Å². The minimum atomic E-state index is 1.01. The maximum absolute atomic E-state index is 3.84. The zero-order valence-electron chi connectivity index (χ0n) is 12.2. The van der Waals surface area contributed by atoms with Crippen molar-refractivity contribution in [2.45, 2.75) is 12.8 Å². The maximum Gasteiger partial charge on any atom is 0.335 e. The highest BCUT2D eigenvalue weighted by Crippen LogP contribution is 2.19. The third-order valence-electron chi connectivity index (χ3n) is 3.60. The fraction of sp³-hybridized carbons (Fsp3) is 0.235. The van der Waals surface area contributed by atoms with E-state index in [-0.39, 0.29) is 0 Å². The normalized spacial score (nSPS) is 19.2. The van der Waals surface area contributed by atoms with Gasteiger partial charge >= 0.3 is 6.21 Å². The van der Waals surface area contributed by atoms with Gasteiger partial charge in [-0.25, -0.2) is 0 Å². The molecule has 0 bridgehead atoms. The summed E-state index contributed by atoms with van der Waals surface area (Å²) in [4.78, 5) is 8.10. The molecule has 0 unspecified atom stereocenters. The Morgan fingerprint density at radius 3 is 2.29 bits per heavy atom. The van der Waals surface area contributed by atoms with E-state index in [2.05, 4.69) is 63.9 Å². The first-order valence-electron chi connectivity index (χ1n) is 7.18. The Morgan fingerprint density at radius 2 is 1.67 bits per heavy atom. The topological polar surface area (TPSA) is 32.9 Å². The Labute approximate surface area is 125 Å². The molecule has 0 saturated heterocycles. The van der Waals surface area contributed by atoms with Crippen molar-refractivity contribution >= 4 is 6.21 Å². The number of rotatable bonds is 4. The molecule has 0 spiro atoms. The summed E-state index contributed by atoms with van der Waals surface area (Å²) < 4.78 is 0. The van der Waals surface area contributed by atoms with Crippen molar-refractivity contribution in [2.75, 3.05) is 13.6 Å². The maximum atomic E-state index is 3.84. The molecule has 0 atom stereocenters. The van der Waals surface area contributed by atoms with Gasteiger partial charge in [0, 0.05) is 38.4 Å². The summed E-state index contributed by atoms with van der Waals surface area (Å²) in [6.45, 7) is 1.01. The average Bonchev–Trinajstić information content (AvgIpc) is 3.02. The highest BCUT2D eigenvalue weighted by Gasteiger charge is 2.08. The van der Waals surface area contributed by atoms with Crippen LogP contribution in [0.25, 0.3) is 0 Å². The molecule has 3 rings (SSSR count). The smallest absolute Gasteiger partial charge is 0.335 e. The first-order chi connectivity index (χ1) is 10.3. The van der Waals surface area contributed by atoms with E-state index in [4.69, 9.17) is 0 Å². The van der Waals surface area contributed by atoms with Crippen molar-refractivity contribution in [3.63, 3.8) is 0 Å². The van der Waals surface area contributed by atoms with E-state index >= 15 is 0 Å². The lowest BCUT2D eigenvalue weighted by Crippen LogP contribution is -2.14. The van der Waals surface area contributed by atoms with E-state index in [1.807, 2.05) is 24.4 Å². The molecule has 0 aromatic heterocycles. The SMILES string of the molecule is CN1C=CC(=C2C=CN(CCCC3=CN=[N+]=C3)C=C2)C=C1. The van der Waals surface area contributed by atoms with Gasteiger partial charge in [-0.1, -0.05) is 0 Å². The zero-order chi connectivity index (χ0) is 14.5. The molecule has 4 nitrogen and oxygen atoms in total. The van der Waals surface area contributed by atoms with E-state index in [0.717, 1.165) is 19.4 Å². The molecule has 21 heavy (non-hydrogen) atoms. The summed E-state index contributed by atoms with van der Waals surface area (Å²) in [6, 6.07) is 0. The molecule has 0 aliphatic carbocycles. The molecule has 0 radical (unpaired) electrons. The summed E-state index contributed by atoms with van der Waals surface area (Å²) in [7, 11) is 2.03. The lowest BCUT2D eigenvalue weighted by molar-refractivity contribution is -0.0658. The van der Waals surface area contributed by atoms with Crippen molar-refractivity contribution in [3.05, 3.63) is 72.0 Å². The summed E-state index contributed by atoms with van der Waals surface area (Å²) in [6.07, 6.45) is 22.8. The largest absolute Gasteiger partial charge is 0.357 e. The highest BCUT2D eigenvalue weighted by molar-refractivity contribution is 5.74. The quantitative estimate of drug-likeness (QED) is 0.741. The molecule has 3 aliphatic rings. The van der Waals surface area contributed by atoms with Gasteiger partial charge in [0.05, 0.1) is 10.4 Å². The summed E-state index contributed by atoms with van der Waals surface area (Å²) in [5, 5.41) is 3.84. The van der Waals surface area contributed by atoms with Gasteiger partial charge in [0.15, 0.2) is 0 Å². The van der Waals surface area contributed by atoms with Gasteiger partial charge < -0.3 is 9.80 Å². The Hall–Kier alpha value is -2.58. The molecule has 106 valence electrons. The molecule has 0 N–H and O–H groups in total. The van der Waals surface area contributed by atoms with E-state index in [1.54, 1.807) is 0 Å². The van der Waals surface area contributed by atoms with E-state index < -0.39 is 0 Å². The Bertz CT molecular complexity index is 620. The van der Waals surface area contributed by atoms with Crippen LogP contribution in [0.15, 0.2) is 77.1 Å². The van der Waals surface area contributed by atoms with Crippen molar-refractivity contribution in [2.24, 2.45) is 5.11 Å². The molecule has 0 amide bonds. The van der Waals surface area contributed by atoms with Crippen LogP contribution in [0.5, 0.6) is 0 Å². The molecular formula is C17H19N4+. The monoisotopic (exact) mass is 279 g/mol. The second kappa shape index (κ2) is 6.25. The first-order valence-corrected chi connectivity index (χ1v) is 7.18. The lowest BCUT2D eigenvalue weighted by atomic mass is 10.0. The van der Waals surface area contributed by atoms with Gasteiger partial charge in [-0.3, -0.25) is 0 Å². The molecular weight excluding hydrogens is 260 g/mol. The van der Waals surface area contributed by atoms with Crippen LogP contribution in [0.3, 0.4) is 0 Å². The zero-order valence-corrected chi connectivity index (χ0v) is 12.2. The molecule has 4 heteroatoms. The van der Waals surface area contributed by atoms with Crippen molar-refractivity contribution in [1.82, 2.24) is 9.80 Å². The summed E-state index contributed by atoms with van der Waals surface area (Å²) in [5.74, 6) is 0. The Morgan fingerprint density at radius 1 is 1.00 bits per heavy atom. The molecule has 0 fully saturated rings. The molecule has 0 saturated carbocycles. The second-order valence-corrected chi connectivity index (χ2v) is 5.24. The van der Waals surface area contributed by atoms with Crippen LogP contribution in [0.4, 0.5) is 0 Å². The van der Waals surface area contributed by atoms with Gasteiger partial charge in [0.1, 0.15) is 11.3 Å². The van der Waals surface area contributed by atoms with Gasteiger partial charge in [-0.2, -0.15) is 0 Å². The molecule has 0 aromatic carbocycles. The fourth-order valence-corrected chi connectivity index (χ4v) is 2.34. The van der Waals surface area contributed by atoms with Crippen LogP contribution in [0.1, 0.15) is 12.8 Å². The van der Waals surface area contributed by atoms with Crippen LogP contribution < -0.4 is 0 Å². The Balaban J connectivity index is 1.52. The predicted molar refractivity (Wildman–Crippen MR) is 84.1 cm³/mol. The summed E-state index contributed by atoms with van der Waals surface area (Å²) >= 11 is 0. The number of hydrogen-bond donors (Lipinski definition) is 0. The van der Waals surface area contributed by atoms with E-state index in [9.17, 15) is 0 Å². The number of allylic oxidation sites excluding steroid dienone is 7. The average molecular weight is 279 g/mol. The van der Waals surface area contributed by atoms with E-state index in [0.29, 0.717) is 0 Å². The third kappa shape index (κ3) is 3.50. The molecule has 0 aromatic rings. The van der Waals surface area contributed by atoms with Gasteiger partial charge in [-0.15, -0.1) is 0 Å². The molecule has 3 aliphatic heterocycles. The molecule has 3 heterocycles. The van der Waals surface area contributed by atoms with Crippen LogP contribution in [0.2, 0.25) is 0 Å².